The quantitative estimate of drug-likeness (QED) is 0.888. The zero-order valence-electron chi connectivity index (χ0n) is 12.4. The van der Waals surface area contributed by atoms with Gasteiger partial charge in [0.05, 0.1) is 0 Å². The highest BCUT2D eigenvalue weighted by Gasteiger charge is 2.23. The van der Waals surface area contributed by atoms with Gasteiger partial charge in [0.1, 0.15) is 0 Å². The third-order valence-corrected chi connectivity index (χ3v) is 4.63. The Labute approximate surface area is 120 Å². The molecule has 4 nitrogen and oxygen atoms in total. The second-order valence-electron chi connectivity index (χ2n) is 5.80. The van der Waals surface area contributed by atoms with Gasteiger partial charge in [0, 0.05) is 51.4 Å². The molecule has 1 amide bonds. The van der Waals surface area contributed by atoms with Crippen molar-refractivity contribution >= 4 is 11.6 Å². The van der Waals surface area contributed by atoms with Crippen LogP contribution >= 0.6 is 0 Å². The number of nitrogens with zero attached hydrogens (tertiary/aromatic N) is 2. The minimum atomic E-state index is 0.223. The molecule has 0 aromatic heterocycles. The largest absolute Gasteiger partial charge is 0.315 e. The van der Waals surface area contributed by atoms with Gasteiger partial charge < -0.3 is 10.2 Å². The van der Waals surface area contributed by atoms with Gasteiger partial charge in [0.2, 0.25) is 5.91 Å². The van der Waals surface area contributed by atoms with Crippen LogP contribution in [-0.4, -0.2) is 44.0 Å². The van der Waals surface area contributed by atoms with Crippen molar-refractivity contribution in [3.63, 3.8) is 0 Å². The van der Waals surface area contributed by atoms with Crippen molar-refractivity contribution < 1.29 is 4.79 Å². The van der Waals surface area contributed by atoms with E-state index in [1.165, 1.54) is 11.1 Å². The minimum Gasteiger partial charge on any atom is -0.315 e. The number of carbonyl (C=O) groups excluding carboxylic acids is 1. The monoisotopic (exact) mass is 273 g/mol. The van der Waals surface area contributed by atoms with Gasteiger partial charge in [-0.1, -0.05) is 12.1 Å². The Morgan fingerprint density at radius 1 is 1.20 bits per heavy atom. The van der Waals surface area contributed by atoms with Gasteiger partial charge >= 0.3 is 0 Å². The fourth-order valence-electron chi connectivity index (χ4n) is 3.22. The number of fused-ring (bicyclic) bond motifs is 1. The van der Waals surface area contributed by atoms with Crippen molar-refractivity contribution in [3.8, 4) is 0 Å². The fraction of sp³-hybridized carbons (Fsp3) is 0.562. The molecule has 1 fully saturated rings. The lowest BCUT2D eigenvalue weighted by Crippen LogP contribution is -2.44. The van der Waals surface area contributed by atoms with Crippen molar-refractivity contribution in [2.24, 2.45) is 0 Å². The number of rotatable bonds is 2. The molecule has 20 heavy (non-hydrogen) atoms. The van der Waals surface area contributed by atoms with Crippen LogP contribution in [0.2, 0.25) is 0 Å². The number of hydrogen-bond donors (Lipinski definition) is 1. The molecule has 1 N–H and O–H groups in total. The van der Waals surface area contributed by atoms with Crippen LogP contribution in [0.4, 0.5) is 5.69 Å². The van der Waals surface area contributed by atoms with Gasteiger partial charge in [-0.05, 0) is 30.5 Å². The molecule has 1 atom stereocenters. The smallest absolute Gasteiger partial charge is 0.227 e. The SMILES string of the molecule is CC(c1ccc2c(c1)CCC(=O)N2C)N1CCNCC1. The van der Waals surface area contributed by atoms with E-state index in [-0.39, 0.29) is 5.91 Å². The van der Waals surface area contributed by atoms with Crippen LogP contribution in [0.25, 0.3) is 0 Å². The molecule has 108 valence electrons. The minimum absolute atomic E-state index is 0.223. The average molecular weight is 273 g/mol. The van der Waals surface area contributed by atoms with Crippen LogP contribution in [0.15, 0.2) is 18.2 Å². The van der Waals surface area contributed by atoms with Crippen molar-refractivity contribution in [2.45, 2.75) is 25.8 Å². The number of piperazine rings is 1. The fourth-order valence-corrected chi connectivity index (χ4v) is 3.22. The van der Waals surface area contributed by atoms with Gasteiger partial charge in [0.25, 0.3) is 0 Å². The third kappa shape index (κ3) is 2.45. The zero-order chi connectivity index (χ0) is 14.1. The third-order valence-electron chi connectivity index (χ3n) is 4.63. The maximum Gasteiger partial charge on any atom is 0.227 e. The first kappa shape index (κ1) is 13.6. The molecule has 1 aromatic carbocycles. The molecule has 1 aromatic rings. The maximum absolute atomic E-state index is 11.7. The highest BCUT2D eigenvalue weighted by Crippen LogP contribution is 2.31. The summed E-state index contributed by atoms with van der Waals surface area (Å²) >= 11 is 0. The lowest BCUT2D eigenvalue weighted by atomic mass is 9.96. The van der Waals surface area contributed by atoms with Gasteiger partial charge in [-0.3, -0.25) is 9.69 Å². The Balaban J connectivity index is 1.83. The molecule has 0 saturated carbocycles. The Bertz CT molecular complexity index is 508. The highest BCUT2D eigenvalue weighted by molar-refractivity contribution is 5.95. The number of benzene rings is 1. The molecule has 4 heteroatoms. The molecule has 2 aliphatic heterocycles. The van der Waals surface area contributed by atoms with Crippen molar-refractivity contribution in [3.05, 3.63) is 29.3 Å². The van der Waals surface area contributed by atoms with Crippen LogP contribution in [-0.2, 0) is 11.2 Å². The Morgan fingerprint density at radius 2 is 1.95 bits per heavy atom. The van der Waals surface area contributed by atoms with Gasteiger partial charge in [-0.2, -0.15) is 0 Å². The van der Waals surface area contributed by atoms with Gasteiger partial charge in [0.15, 0.2) is 0 Å². The first-order valence-electron chi connectivity index (χ1n) is 7.51. The summed E-state index contributed by atoms with van der Waals surface area (Å²) in [7, 11) is 1.87. The second-order valence-corrected chi connectivity index (χ2v) is 5.80. The molecular formula is C16H23N3O. The Hall–Kier alpha value is -1.39. The van der Waals surface area contributed by atoms with Crippen LogP contribution in [0.1, 0.15) is 30.5 Å². The summed E-state index contributed by atoms with van der Waals surface area (Å²) in [5.41, 5.74) is 3.76. The van der Waals surface area contributed by atoms with E-state index in [9.17, 15) is 4.79 Å². The molecule has 0 radical (unpaired) electrons. The molecule has 0 aliphatic carbocycles. The van der Waals surface area contributed by atoms with E-state index in [1.807, 2.05) is 7.05 Å². The molecule has 1 saturated heterocycles. The maximum atomic E-state index is 11.7. The molecule has 0 spiro atoms. The summed E-state index contributed by atoms with van der Waals surface area (Å²) in [5.74, 6) is 0.223. The van der Waals surface area contributed by atoms with E-state index in [1.54, 1.807) is 4.90 Å². The molecule has 2 heterocycles. The molecule has 0 bridgehead atoms. The predicted molar refractivity (Wildman–Crippen MR) is 81.0 cm³/mol. The van der Waals surface area contributed by atoms with Crippen molar-refractivity contribution in [1.82, 2.24) is 10.2 Å². The Kier molecular flexibility index (Phi) is 3.76. The average Bonchev–Trinajstić information content (AvgIpc) is 2.51. The van der Waals surface area contributed by atoms with Crippen molar-refractivity contribution in [2.75, 3.05) is 38.1 Å². The van der Waals surface area contributed by atoms with Gasteiger partial charge in [-0.25, -0.2) is 0 Å². The predicted octanol–water partition coefficient (Wildman–Crippen LogP) is 1.56. The summed E-state index contributed by atoms with van der Waals surface area (Å²) in [6.07, 6.45) is 1.51. The van der Waals surface area contributed by atoms with Crippen LogP contribution < -0.4 is 10.2 Å². The number of aryl methyl sites for hydroxylation is 1. The summed E-state index contributed by atoms with van der Waals surface area (Å²) in [6.45, 7) is 6.65. The van der Waals surface area contributed by atoms with E-state index in [4.69, 9.17) is 0 Å². The molecule has 2 aliphatic rings. The van der Waals surface area contributed by atoms with Crippen molar-refractivity contribution in [1.29, 1.82) is 0 Å². The van der Waals surface area contributed by atoms with E-state index in [2.05, 4.69) is 35.3 Å². The topological polar surface area (TPSA) is 35.6 Å². The van der Waals surface area contributed by atoms with E-state index in [0.717, 1.165) is 38.3 Å². The normalized spacial score (nSPS) is 21.7. The molecule has 1 unspecified atom stereocenters. The van der Waals surface area contributed by atoms with Crippen LogP contribution in [0, 0.1) is 0 Å². The first-order chi connectivity index (χ1) is 9.66. The summed E-state index contributed by atoms with van der Waals surface area (Å²) in [5, 5.41) is 3.40. The number of nitrogens with one attached hydrogen (secondary N) is 1. The van der Waals surface area contributed by atoms with E-state index < -0.39 is 0 Å². The van der Waals surface area contributed by atoms with E-state index >= 15 is 0 Å². The number of carbonyl (C=O) groups is 1. The highest BCUT2D eigenvalue weighted by atomic mass is 16.2. The first-order valence-corrected chi connectivity index (χ1v) is 7.51. The number of anilines is 1. The summed E-state index contributed by atoms with van der Waals surface area (Å²) < 4.78 is 0. The summed E-state index contributed by atoms with van der Waals surface area (Å²) in [4.78, 5) is 16.0. The zero-order valence-corrected chi connectivity index (χ0v) is 12.4. The van der Waals surface area contributed by atoms with Crippen LogP contribution in [0.3, 0.4) is 0 Å². The Morgan fingerprint density at radius 3 is 2.70 bits per heavy atom. The lowest BCUT2D eigenvalue weighted by molar-refractivity contribution is -0.118. The summed E-state index contributed by atoms with van der Waals surface area (Å²) in [6, 6.07) is 7.04. The number of amides is 1. The van der Waals surface area contributed by atoms with Gasteiger partial charge in [-0.15, -0.1) is 0 Å². The molecular weight excluding hydrogens is 250 g/mol. The number of hydrogen-bond acceptors (Lipinski definition) is 3. The second kappa shape index (κ2) is 5.54. The van der Waals surface area contributed by atoms with Crippen LogP contribution in [0.5, 0.6) is 0 Å². The molecule has 3 rings (SSSR count). The standard InChI is InChI=1S/C16H23N3O/c1-12(19-9-7-17-8-10-19)13-3-5-15-14(11-13)4-6-16(20)18(15)2/h3,5,11-12,17H,4,6-10H2,1-2H3. The lowest BCUT2D eigenvalue weighted by Gasteiger charge is -2.34. The van der Waals surface area contributed by atoms with E-state index in [0.29, 0.717) is 12.5 Å².